The number of rotatable bonds is 1. The maximum atomic E-state index is 11.1. The summed E-state index contributed by atoms with van der Waals surface area (Å²) in [6, 6.07) is 5.89. The van der Waals surface area contributed by atoms with Crippen molar-refractivity contribution < 1.29 is 14.3 Å². The average molecular weight is 233 g/mol. The molecule has 2 heterocycles. The zero-order valence-corrected chi connectivity index (χ0v) is 9.79. The van der Waals surface area contributed by atoms with E-state index in [9.17, 15) is 4.79 Å². The molecule has 4 nitrogen and oxygen atoms in total. The van der Waals surface area contributed by atoms with E-state index in [-0.39, 0.29) is 11.4 Å². The number of ether oxygens (including phenoxy) is 2. The summed E-state index contributed by atoms with van der Waals surface area (Å²) in [6.45, 7) is 3.40. The predicted molar refractivity (Wildman–Crippen MR) is 62.2 cm³/mol. The Labute approximate surface area is 99.9 Å². The Kier molecular flexibility index (Phi) is 2.24. The second kappa shape index (κ2) is 3.65. The van der Waals surface area contributed by atoms with Crippen LogP contribution in [0.3, 0.4) is 0 Å². The second-order valence-corrected chi connectivity index (χ2v) is 4.77. The molecular weight excluding hydrogens is 218 g/mol. The summed E-state index contributed by atoms with van der Waals surface area (Å²) < 4.78 is 11.2. The number of amides is 1. The van der Waals surface area contributed by atoms with Crippen molar-refractivity contribution in [2.45, 2.75) is 25.3 Å². The van der Waals surface area contributed by atoms with E-state index in [4.69, 9.17) is 9.47 Å². The van der Waals surface area contributed by atoms with Gasteiger partial charge in [-0.05, 0) is 24.6 Å². The summed E-state index contributed by atoms with van der Waals surface area (Å²) in [5.74, 6) is 1.67. The molecule has 0 radical (unpaired) electrons. The maximum Gasteiger partial charge on any atom is 0.223 e. The van der Waals surface area contributed by atoms with E-state index >= 15 is 0 Å². The second-order valence-electron chi connectivity index (χ2n) is 4.77. The molecule has 2 aliphatic rings. The molecule has 3 rings (SSSR count). The molecule has 1 unspecified atom stereocenters. The van der Waals surface area contributed by atoms with Gasteiger partial charge in [0.15, 0.2) is 11.5 Å². The van der Waals surface area contributed by atoms with E-state index in [0.29, 0.717) is 19.6 Å². The number of fused-ring (bicyclic) bond motifs is 1. The fourth-order valence-electron chi connectivity index (χ4n) is 2.29. The number of β-lactam (4-membered cyclic amide) rings is 1. The van der Waals surface area contributed by atoms with Gasteiger partial charge in [-0.2, -0.15) is 0 Å². The number of nitrogens with one attached hydrogen (secondary N) is 1. The fraction of sp³-hybridized carbons (Fsp3) is 0.462. The predicted octanol–water partition coefficient (Wildman–Crippen LogP) is 1.58. The Hall–Kier alpha value is -1.71. The van der Waals surface area contributed by atoms with Crippen LogP contribution < -0.4 is 14.8 Å². The van der Waals surface area contributed by atoms with Gasteiger partial charge in [0.2, 0.25) is 5.91 Å². The summed E-state index contributed by atoms with van der Waals surface area (Å²) in [5.41, 5.74) is 0.822. The minimum absolute atomic E-state index is 0.0969. The summed E-state index contributed by atoms with van der Waals surface area (Å²) >= 11 is 0. The third kappa shape index (κ3) is 1.73. The lowest BCUT2D eigenvalue weighted by molar-refractivity contribution is -0.132. The highest BCUT2D eigenvalue weighted by Crippen LogP contribution is 2.37. The van der Waals surface area contributed by atoms with Crippen LogP contribution in [0.25, 0.3) is 0 Å². The quantitative estimate of drug-likeness (QED) is 0.749. The van der Waals surface area contributed by atoms with Crippen molar-refractivity contribution in [1.82, 2.24) is 5.32 Å². The first-order chi connectivity index (χ1) is 8.17. The molecule has 0 aromatic heterocycles. The van der Waals surface area contributed by atoms with Crippen molar-refractivity contribution in [3.8, 4) is 11.5 Å². The molecule has 0 bridgehead atoms. The zero-order chi connectivity index (χ0) is 11.9. The molecule has 0 saturated carbocycles. The van der Waals surface area contributed by atoms with Crippen molar-refractivity contribution in [2.24, 2.45) is 0 Å². The van der Waals surface area contributed by atoms with Crippen LogP contribution >= 0.6 is 0 Å². The van der Waals surface area contributed by atoms with Crippen molar-refractivity contribution in [3.63, 3.8) is 0 Å². The first-order valence-electron chi connectivity index (χ1n) is 5.88. The van der Waals surface area contributed by atoms with Crippen LogP contribution in [0.2, 0.25) is 0 Å². The normalized spacial score (nSPS) is 26.8. The zero-order valence-electron chi connectivity index (χ0n) is 9.79. The monoisotopic (exact) mass is 233 g/mol. The molecule has 90 valence electrons. The summed E-state index contributed by atoms with van der Waals surface area (Å²) in [7, 11) is 0. The molecular formula is C13H15NO3. The highest BCUT2D eigenvalue weighted by atomic mass is 16.5. The van der Waals surface area contributed by atoms with Gasteiger partial charge in [-0.15, -0.1) is 0 Å². The number of carbonyl (C=O) groups is 1. The van der Waals surface area contributed by atoms with Crippen LogP contribution in [0.5, 0.6) is 11.5 Å². The fourth-order valence-corrected chi connectivity index (χ4v) is 2.29. The smallest absolute Gasteiger partial charge is 0.223 e. The van der Waals surface area contributed by atoms with Crippen LogP contribution in [-0.4, -0.2) is 19.1 Å². The SMILES string of the molecule is CC1(c2ccc3c(c2)OCCCO3)CC(=O)N1. The van der Waals surface area contributed by atoms with Crippen LogP contribution in [0, 0.1) is 0 Å². The molecule has 1 N–H and O–H groups in total. The molecule has 0 spiro atoms. The molecule has 1 aromatic rings. The summed E-state index contributed by atoms with van der Waals surface area (Å²) in [5, 5.41) is 2.92. The first kappa shape index (κ1) is 10.4. The number of carbonyl (C=O) groups excluding carboxylic acids is 1. The lowest BCUT2D eigenvalue weighted by atomic mass is 9.82. The van der Waals surface area contributed by atoms with Gasteiger partial charge >= 0.3 is 0 Å². The maximum absolute atomic E-state index is 11.1. The molecule has 1 atom stereocenters. The van der Waals surface area contributed by atoms with E-state index < -0.39 is 0 Å². The minimum atomic E-state index is -0.248. The van der Waals surface area contributed by atoms with Crippen LogP contribution in [-0.2, 0) is 10.3 Å². The van der Waals surface area contributed by atoms with Gasteiger partial charge in [-0.1, -0.05) is 6.07 Å². The molecule has 1 aromatic carbocycles. The first-order valence-corrected chi connectivity index (χ1v) is 5.88. The highest BCUT2D eigenvalue weighted by Gasteiger charge is 2.40. The van der Waals surface area contributed by atoms with E-state index in [0.717, 1.165) is 23.5 Å². The molecule has 1 fully saturated rings. The van der Waals surface area contributed by atoms with Crippen LogP contribution in [0.4, 0.5) is 0 Å². The largest absolute Gasteiger partial charge is 0.490 e. The lowest BCUT2D eigenvalue weighted by Gasteiger charge is -2.39. The van der Waals surface area contributed by atoms with Crippen molar-refractivity contribution in [2.75, 3.05) is 13.2 Å². The van der Waals surface area contributed by atoms with Crippen molar-refractivity contribution in [1.29, 1.82) is 0 Å². The highest BCUT2D eigenvalue weighted by molar-refractivity contribution is 5.85. The minimum Gasteiger partial charge on any atom is -0.490 e. The van der Waals surface area contributed by atoms with E-state index in [1.807, 2.05) is 25.1 Å². The average Bonchev–Trinajstić information content (AvgIpc) is 2.51. The molecule has 1 saturated heterocycles. The topological polar surface area (TPSA) is 47.6 Å². The Morgan fingerprint density at radius 2 is 1.94 bits per heavy atom. The Morgan fingerprint density at radius 3 is 2.65 bits per heavy atom. The Balaban J connectivity index is 1.92. The number of hydrogen-bond donors (Lipinski definition) is 1. The summed E-state index contributed by atoms with van der Waals surface area (Å²) in [6.07, 6.45) is 1.44. The van der Waals surface area contributed by atoms with Gasteiger partial charge in [0.1, 0.15) is 0 Å². The van der Waals surface area contributed by atoms with Gasteiger partial charge in [-0.3, -0.25) is 4.79 Å². The Bertz CT molecular complexity index is 462. The third-order valence-electron chi connectivity index (χ3n) is 3.31. The van der Waals surface area contributed by atoms with Gasteiger partial charge in [0, 0.05) is 6.42 Å². The van der Waals surface area contributed by atoms with E-state index in [1.165, 1.54) is 0 Å². The Morgan fingerprint density at radius 1 is 1.24 bits per heavy atom. The van der Waals surface area contributed by atoms with Gasteiger partial charge in [0.05, 0.1) is 25.2 Å². The van der Waals surface area contributed by atoms with E-state index in [2.05, 4.69) is 5.32 Å². The third-order valence-corrected chi connectivity index (χ3v) is 3.31. The lowest BCUT2D eigenvalue weighted by Crippen LogP contribution is -2.56. The standard InChI is InChI=1S/C13H15NO3/c1-13(8-12(15)14-13)9-3-4-10-11(7-9)17-6-2-5-16-10/h3-4,7H,2,5-6,8H2,1H3,(H,14,15). The van der Waals surface area contributed by atoms with Crippen molar-refractivity contribution >= 4 is 5.91 Å². The number of benzene rings is 1. The van der Waals surface area contributed by atoms with Crippen LogP contribution in [0.1, 0.15) is 25.3 Å². The summed E-state index contributed by atoms with van der Waals surface area (Å²) in [4.78, 5) is 11.1. The van der Waals surface area contributed by atoms with E-state index in [1.54, 1.807) is 0 Å². The van der Waals surface area contributed by atoms with Crippen molar-refractivity contribution in [3.05, 3.63) is 23.8 Å². The molecule has 17 heavy (non-hydrogen) atoms. The molecule has 1 amide bonds. The molecule has 4 heteroatoms. The number of hydrogen-bond acceptors (Lipinski definition) is 3. The van der Waals surface area contributed by atoms with Gasteiger partial charge in [-0.25, -0.2) is 0 Å². The molecule has 2 aliphatic heterocycles. The van der Waals surface area contributed by atoms with Gasteiger partial charge in [0.25, 0.3) is 0 Å². The molecule has 0 aliphatic carbocycles. The van der Waals surface area contributed by atoms with Gasteiger partial charge < -0.3 is 14.8 Å². The van der Waals surface area contributed by atoms with Crippen LogP contribution in [0.15, 0.2) is 18.2 Å².